The molecule has 3 atom stereocenters. The van der Waals surface area contributed by atoms with Crippen molar-refractivity contribution in [3.8, 4) is 6.07 Å². The molecule has 10 heteroatoms. The van der Waals surface area contributed by atoms with Crippen LogP contribution in [0.3, 0.4) is 0 Å². The summed E-state index contributed by atoms with van der Waals surface area (Å²) in [6, 6.07) is 7.95. The highest BCUT2D eigenvalue weighted by Gasteiger charge is 2.27. The first-order chi connectivity index (χ1) is 14.4. The Kier molecular flexibility index (Phi) is 7.10. The summed E-state index contributed by atoms with van der Waals surface area (Å²) in [5, 5.41) is 12.6. The lowest BCUT2D eigenvalue weighted by atomic mass is 9.96. The summed E-state index contributed by atoms with van der Waals surface area (Å²) in [6.07, 6.45) is 3.84. The van der Waals surface area contributed by atoms with Crippen LogP contribution in [0.2, 0.25) is 0 Å². The van der Waals surface area contributed by atoms with E-state index in [-0.39, 0.29) is 23.4 Å². The lowest BCUT2D eigenvalue weighted by molar-refractivity contribution is 0.0699. The van der Waals surface area contributed by atoms with Gasteiger partial charge < -0.3 is 20.8 Å². The van der Waals surface area contributed by atoms with Crippen molar-refractivity contribution >= 4 is 28.4 Å². The van der Waals surface area contributed by atoms with Crippen LogP contribution in [-0.2, 0) is 20.1 Å². The van der Waals surface area contributed by atoms with E-state index in [1.807, 2.05) is 0 Å². The Bertz CT molecular complexity index is 1040. The van der Waals surface area contributed by atoms with Crippen LogP contribution in [0.5, 0.6) is 0 Å². The number of aromatic amines is 1. The number of pyridine rings is 1. The Morgan fingerprint density at radius 2 is 2.30 bits per heavy atom. The van der Waals surface area contributed by atoms with E-state index >= 15 is 0 Å². The van der Waals surface area contributed by atoms with E-state index in [1.165, 1.54) is 25.4 Å². The Balaban J connectivity index is 1.96. The van der Waals surface area contributed by atoms with Crippen molar-refractivity contribution in [1.29, 1.82) is 5.26 Å². The van der Waals surface area contributed by atoms with Crippen molar-refractivity contribution in [1.82, 2.24) is 4.98 Å². The second-order valence-electron chi connectivity index (χ2n) is 6.68. The number of nitrogens with two attached hydrogens (primary N) is 1. The van der Waals surface area contributed by atoms with Gasteiger partial charge >= 0.3 is 0 Å². The van der Waals surface area contributed by atoms with Crippen LogP contribution < -0.4 is 16.6 Å². The topological polar surface area (TPSA) is 126 Å². The molecule has 0 spiro atoms. The fraction of sp³-hybridized carbons (Fsp3) is 0.350. The van der Waals surface area contributed by atoms with Crippen molar-refractivity contribution in [3.63, 3.8) is 0 Å². The zero-order valence-corrected chi connectivity index (χ0v) is 17.5. The first-order valence-electron chi connectivity index (χ1n) is 9.24. The summed E-state index contributed by atoms with van der Waals surface area (Å²) in [4.78, 5) is 19.8. The fourth-order valence-electron chi connectivity index (χ4n) is 3.15. The largest absolute Gasteiger partial charge is 0.383 e. The molecular weight excluding hydrogens is 409 g/mol. The van der Waals surface area contributed by atoms with Gasteiger partial charge in [-0.1, -0.05) is 0 Å². The quantitative estimate of drug-likeness (QED) is 0.364. The number of nitriles is 1. The average Bonchev–Trinajstić information content (AvgIpc) is 2.75. The minimum absolute atomic E-state index is 0.0319. The van der Waals surface area contributed by atoms with Gasteiger partial charge in [0, 0.05) is 18.9 Å². The molecule has 0 amide bonds. The third-order valence-corrected chi connectivity index (χ3v) is 6.24. The van der Waals surface area contributed by atoms with Gasteiger partial charge in [-0.2, -0.15) is 9.44 Å². The number of halogens is 1. The molecule has 1 aromatic carbocycles. The van der Waals surface area contributed by atoms with E-state index in [9.17, 15) is 14.4 Å². The number of amidine groups is 1. The van der Waals surface area contributed by atoms with E-state index in [0.717, 1.165) is 0 Å². The number of benzene rings is 1. The van der Waals surface area contributed by atoms with Gasteiger partial charge in [0.2, 0.25) is 4.90 Å². The highest BCUT2D eigenvalue weighted by atomic mass is 32.2. The fourth-order valence-corrected chi connectivity index (χ4v) is 3.96. The molecule has 0 aliphatic carbocycles. The lowest BCUT2D eigenvalue weighted by Gasteiger charge is -2.29. The molecule has 158 valence electrons. The molecule has 30 heavy (non-hydrogen) atoms. The zero-order valence-electron chi connectivity index (χ0n) is 16.6. The maximum atomic E-state index is 14.1. The Morgan fingerprint density at radius 3 is 3.03 bits per heavy atom. The summed E-state index contributed by atoms with van der Waals surface area (Å²) >= 11 is -0.750. The summed E-state index contributed by atoms with van der Waals surface area (Å²) in [6.45, 7) is 0.869. The molecule has 8 nitrogen and oxygen atoms in total. The van der Waals surface area contributed by atoms with Crippen molar-refractivity contribution < 1.29 is 13.3 Å². The van der Waals surface area contributed by atoms with Crippen molar-refractivity contribution in [2.45, 2.75) is 17.4 Å². The molecule has 2 unspecified atom stereocenters. The highest BCUT2D eigenvalue weighted by molar-refractivity contribution is 7.91. The van der Waals surface area contributed by atoms with Crippen LogP contribution in [0.4, 0.5) is 15.8 Å². The predicted octanol–water partition coefficient (Wildman–Crippen LogP) is 2.06. The number of rotatable bonds is 6. The van der Waals surface area contributed by atoms with Crippen LogP contribution in [0.15, 0.2) is 45.1 Å². The molecule has 2 heterocycles. The van der Waals surface area contributed by atoms with Gasteiger partial charge in [0.15, 0.2) is 17.0 Å². The molecule has 1 aliphatic rings. The van der Waals surface area contributed by atoms with Gasteiger partial charge in [0.25, 0.3) is 5.56 Å². The third-order valence-electron chi connectivity index (χ3n) is 4.80. The van der Waals surface area contributed by atoms with E-state index in [2.05, 4.69) is 21.4 Å². The minimum atomic E-state index is -0.750. The molecule has 0 radical (unpaired) electrons. The first kappa shape index (κ1) is 21.8. The number of H-pyrrole nitrogens is 1. The maximum absolute atomic E-state index is 14.1. The molecule has 0 bridgehead atoms. The lowest BCUT2D eigenvalue weighted by Crippen LogP contribution is -2.39. The third kappa shape index (κ3) is 4.81. The number of nitrogens with one attached hydrogen (secondary N) is 2. The van der Waals surface area contributed by atoms with E-state index in [1.54, 1.807) is 18.4 Å². The number of aromatic nitrogens is 1. The van der Waals surface area contributed by atoms with E-state index < -0.39 is 22.6 Å². The van der Waals surface area contributed by atoms with Crippen molar-refractivity contribution in [2.75, 3.05) is 31.9 Å². The zero-order chi connectivity index (χ0) is 21.7. The Hall–Kier alpha value is -2.87. The number of nitrogens with zero attached hydrogens (tertiary/aromatic N) is 2. The summed E-state index contributed by atoms with van der Waals surface area (Å²) < 4.78 is 24.7. The van der Waals surface area contributed by atoms with Gasteiger partial charge in [0.05, 0.1) is 43.1 Å². The molecule has 1 aromatic heterocycles. The van der Waals surface area contributed by atoms with Crippen LogP contribution in [0.1, 0.15) is 12.0 Å². The van der Waals surface area contributed by atoms with Crippen LogP contribution >= 0.6 is 0 Å². The summed E-state index contributed by atoms with van der Waals surface area (Å²) in [7, 11) is 1.50. The summed E-state index contributed by atoms with van der Waals surface area (Å²) in [5.74, 6) is -0.684. The molecule has 3 rings (SSSR count). The molecule has 0 saturated carbocycles. The maximum Gasteiger partial charge on any atom is 0.261 e. The normalized spacial score (nSPS) is 20.4. The predicted molar refractivity (Wildman–Crippen MR) is 114 cm³/mol. The van der Waals surface area contributed by atoms with Gasteiger partial charge in [-0.3, -0.25) is 4.79 Å². The average molecular weight is 433 g/mol. The highest BCUT2D eigenvalue weighted by Crippen LogP contribution is 2.25. The van der Waals surface area contributed by atoms with Gasteiger partial charge in [-0.15, -0.1) is 0 Å². The van der Waals surface area contributed by atoms with Gasteiger partial charge in [0.1, 0.15) is 17.7 Å². The molecule has 1 saturated heterocycles. The Morgan fingerprint density at radius 1 is 1.50 bits per heavy atom. The van der Waals surface area contributed by atoms with Crippen molar-refractivity contribution in [3.05, 3.63) is 52.2 Å². The number of ether oxygens (including phenoxy) is 1. The van der Waals surface area contributed by atoms with Crippen LogP contribution in [0, 0.1) is 23.1 Å². The smallest absolute Gasteiger partial charge is 0.261 e. The first-order valence-corrected chi connectivity index (χ1v) is 10.8. The second kappa shape index (κ2) is 9.75. The van der Waals surface area contributed by atoms with Crippen LogP contribution in [0.25, 0.3) is 0 Å². The monoisotopic (exact) mass is 432 g/mol. The summed E-state index contributed by atoms with van der Waals surface area (Å²) in [5.41, 5.74) is 6.73. The molecule has 4 N–H and O–H groups in total. The second-order valence-corrected chi connectivity index (χ2v) is 8.36. The Labute approximate surface area is 176 Å². The minimum Gasteiger partial charge on any atom is -0.383 e. The van der Waals surface area contributed by atoms with Crippen LogP contribution in [-0.4, -0.2) is 43.4 Å². The molecule has 1 aliphatic heterocycles. The number of aliphatic imine (C=N–C) groups is 1. The number of anilines is 1. The molecular formula is C20H23FN5O3S+. The van der Waals surface area contributed by atoms with E-state index in [4.69, 9.17) is 14.7 Å². The molecule has 2 aromatic rings. The van der Waals surface area contributed by atoms with Gasteiger partial charge in [-0.25, -0.2) is 9.38 Å². The number of hydrogen-bond donors (Lipinski definition) is 3. The molecule has 1 fully saturated rings. The van der Waals surface area contributed by atoms with Gasteiger partial charge in [-0.05, 0) is 24.6 Å². The SMILES string of the molecule is CO[S+](C)c1cc(N=C(N)c2c(N[C@H]3COCCC3C#N)cc[nH]c2=O)ccc1F. The number of hydrogen-bond acceptors (Lipinski definition) is 6. The van der Waals surface area contributed by atoms with Crippen molar-refractivity contribution in [2.24, 2.45) is 16.6 Å². The standard InChI is InChI=1S/C20H22FN5O3S/c1-28-30(2)17-9-13(3-4-14(17)21)25-19(23)18-15(5-7-24-20(18)27)26-16-11-29-8-6-12(16)10-22/h3-5,7,9,12,16H,6,8,11H2,1-2H3,(H3-,23,24,25,26,27)/p+1/t12?,16-,30?/m0/s1. The van der Waals surface area contributed by atoms with E-state index in [0.29, 0.717) is 35.9 Å².